The van der Waals surface area contributed by atoms with Crippen molar-refractivity contribution in [3.63, 3.8) is 0 Å². The molecule has 3 aliphatic rings. The van der Waals surface area contributed by atoms with Crippen molar-refractivity contribution in [3.8, 4) is 0 Å². The molecule has 322 valence electrons. The van der Waals surface area contributed by atoms with E-state index >= 15 is 0 Å². The molecular weight excluding hydrogens is 750 g/mol. The summed E-state index contributed by atoms with van der Waals surface area (Å²) in [6.07, 6.45) is -9.13. The minimum Gasteiger partial charge on any atom is -0.459 e. The van der Waals surface area contributed by atoms with Crippen LogP contribution in [0.5, 0.6) is 0 Å². The lowest BCUT2D eigenvalue weighted by atomic mass is 9.76. The molecule has 5 rings (SSSR count). The first-order chi connectivity index (χ1) is 27.4. The fourth-order valence-corrected chi connectivity index (χ4v) is 9.01. The van der Waals surface area contributed by atoms with E-state index in [4.69, 9.17) is 33.2 Å². The van der Waals surface area contributed by atoms with Crippen LogP contribution in [0, 0.1) is 23.7 Å². The quantitative estimate of drug-likeness (QED) is 0.184. The fourth-order valence-electron chi connectivity index (χ4n) is 9.01. The summed E-state index contributed by atoms with van der Waals surface area (Å²) in [5.41, 5.74) is -1.42. The maximum atomic E-state index is 13.8. The molecule has 3 saturated heterocycles. The van der Waals surface area contributed by atoms with Crippen LogP contribution in [0.25, 0.3) is 0 Å². The van der Waals surface area contributed by atoms with Crippen LogP contribution in [-0.4, -0.2) is 112 Å². The van der Waals surface area contributed by atoms with Crippen molar-refractivity contribution >= 4 is 18.2 Å². The second-order valence-corrected chi connectivity index (χ2v) is 17.0. The summed E-state index contributed by atoms with van der Waals surface area (Å²) in [6.45, 7) is 13.9. The van der Waals surface area contributed by atoms with E-state index in [9.17, 15) is 29.7 Å². The lowest BCUT2D eigenvalue weighted by Gasteiger charge is -2.47. The number of fused-ring (bicyclic) bond motifs is 2. The third kappa shape index (κ3) is 10.1. The zero-order valence-corrected chi connectivity index (χ0v) is 35.2. The Balaban J connectivity index is 1.49. The van der Waals surface area contributed by atoms with Crippen LogP contribution < -0.4 is 0 Å². The van der Waals surface area contributed by atoms with Gasteiger partial charge < -0.3 is 53.4 Å². The number of rotatable bonds is 11. The van der Waals surface area contributed by atoms with Gasteiger partial charge in [0.2, 0.25) is 0 Å². The van der Waals surface area contributed by atoms with Gasteiger partial charge in [0, 0.05) is 18.9 Å². The van der Waals surface area contributed by atoms with Gasteiger partial charge in [-0.2, -0.15) is 0 Å². The van der Waals surface area contributed by atoms with Gasteiger partial charge in [-0.15, -0.1) is 0 Å². The first kappa shape index (κ1) is 45.3. The van der Waals surface area contributed by atoms with Gasteiger partial charge >= 0.3 is 18.2 Å². The highest BCUT2D eigenvalue weighted by atomic mass is 16.8. The topological polar surface area (TPSA) is 180 Å². The molecule has 3 N–H and O–H groups in total. The molecule has 3 aliphatic heterocycles. The van der Waals surface area contributed by atoms with Gasteiger partial charge in [-0.1, -0.05) is 88.4 Å². The third-order valence-corrected chi connectivity index (χ3v) is 12.4. The summed E-state index contributed by atoms with van der Waals surface area (Å²) < 4.78 is 43.5. The van der Waals surface area contributed by atoms with E-state index in [2.05, 4.69) is 0 Å². The minimum absolute atomic E-state index is 0.0205. The normalized spacial score (nSPS) is 35.7. The second-order valence-electron chi connectivity index (χ2n) is 17.0. The van der Waals surface area contributed by atoms with Gasteiger partial charge in [0.15, 0.2) is 12.4 Å². The SMILES string of the molecule is CC[C@@H](O)[C@@](C)(O)[C@@H]1OC(=O)[C@H](C)[C@@H](O)[C@H](C)[C@@H](O[C@@H]2OC(C)CC(N(C)C(=O)OCc3ccccc3)C2OC(=O)OCc2ccccc2)[C@]2(C)CC(C)C(O2)[C@@H]1C. The van der Waals surface area contributed by atoms with Crippen molar-refractivity contribution in [2.45, 2.75) is 154 Å². The van der Waals surface area contributed by atoms with E-state index in [-0.39, 0.29) is 32.0 Å². The zero-order valence-electron chi connectivity index (χ0n) is 35.2. The highest BCUT2D eigenvalue weighted by molar-refractivity contribution is 5.73. The molecule has 0 spiro atoms. The number of nitrogens with zero attached hydrogens (tertiary/aromatic N) is 1. The van der Waals surface area contributed by atoms with E-state index in [0.29, 0.717) is 6.42 Å². The Kier molecular flexibility index (Phi) is 14.9. The summed E-state index contributed by atoms with van der Waals surface area (Å²) in [6, 6.07) is 17.5. The van der Waals surface area contributed by atoms with E-state index < -0.39 is 102 Å². The van der Waals surface area contributed by atoms with E-state index in [1.54, 1.807) is 20.9 Å². The summed E-state index contributed by atoms with van der Waals surface area (Å²) in [4.78, 5) is 42.2. The zero-order chi connectivity index (χ0) is 42.5. The van der Waals surface area contributed by atoms with E-state index in [0.717, 1.165) is 11.1 Å². The average Bonchev–Trinajstić information content (AvgIpc) is 3.53. The first-order valence-corrected chi connectivity index (χ1v) is 20.5. The Morgan fingerprint density at radius 3 is 2.14 bits per heavy atom. The Labute approximate surface area is 342 Å². The number of hydrogen-bond acceptors (Lipinski definition) is 13. The molecule has 2 bridgehead atoms. The van der Waals surface area contributed by atoms with Crippen LogP contribution in [0.1, 0.15) is 85.8 Å². The maximum Gasteiger partial charge on any atom is 0.509 e. The Hall–Kier alpha value is -3.79. The number of benzene rings is 2. The van der Waals surface area contributed by atoms with Gasteiger partial charge in [0.25, 0.3) is 0 Å². The van der Waals surface area contributed by atoms with E-state index in [1.165, 1.54) is 18.7 Å². The largest absolute Gasteiger partial charge is 0.509 e. The number of cyclic esters (lactones) is 1. The Bertz CT molecular complexity index is 1660. The number of ether oxygens (including phenoxy) is 7. The number of esters is 1. The Morgan fingerprint density at radius 2 is 1.55 bits per heavy atom. The van der Waals surface area contributed by atoms with Gasteiger partial charge in [-0.3, -0.25) is 4.79 Å². The number of amides is 1. The molecular formula is C44H63NO13. The monoisotopic (exact) mass is 813 g/mol. The van der Waals surface area contributed by atoms with Crippen LogP contribution in [0.3, 0.4) is 0 Å². The Morgan fingerprint density at radius 1 is 0.966 bits per heavy atom. The van der Waals surface area contributed by atoms with Gasteiger partial charge in [0.1, 0.15) is 24.9 Å². The number of hydrogen-bond donors (Lipinski definition) is 3. The minimum atomic E-state index is -1.83. The number of carbonyl (C=O) groups is 3. The molecule has 15 atom stereocenters. The number of aliphatic hydroxyl groups excluding tert-OH is 2. The lowest BCUT2D eigenvalue weighted by molar-refractivity contribution is -0.301. The van der Waals surface area contributed by atoms with Crippen molar-refractivity contribution in [1.82, 2.24) is 4.90 Å². The predicted molar refractivity (Wildman–Crippen MR) is 211 cm³/mol. The third-order valence-electron chi connectivity index (χ3n) is 12.4. The number of likely N-dealkylation sites (N-methyl/N-ethyl adjacent to an activating group) is 1. The molecule has 1 amide bonds. The van der Waals surface area contributed by atoms with Crippen molar-refractivity contribution in [1.29, 1.82) is 0 Å². The molecule has 0 aliphatic carbocycles. The molecule has 14 heteroatoms. The van der Waals surface area contributed by atoms with Gasteiger partial charge in [-0.25, -0.2) is 9.59 Å². The van der Waals surface area contributed by atoms with Gasteiger partial charge in [-0.05, 0) is 64.0 Å². The summed E-state index contributed by atoms with van der Waals surface area (Å²) in [5, 5.41) is 34.4. The van der Waals surface area contributed by atoms with Crippen molar-refractivity contribution < 1.29 is 62.9 Å². The molecule has 2 aromatic carbocycles. The van der Waals surface area contributed by atoms with Crippen LogP contribution in [0.4, 0.5) is 9.59 Å². The number of carbonyl (C=O) groups excluding carboxylic acids is 3. The van der Waals surface area contributed by atoms with Gasteiger partial charge in [0.05, 0.1) is 48.1 Å². The summed E-state index contributed by atoms with van der Waals surface area (Å²) in [7, 11) is 1.56. The number of aliphatic hydroxyl groups is 3. The summed E-state index contributed by atoms with van der Waals surface area (Å²) in [5.74, 6) is -3.41. The molecule has 58 heavy (non-hydrogen) atoms. The highest BCUT2D eigenvalue weighted by Gasteiger charge is 2.58. The first-order valence-electron chi connectivity index (χ1n) is 20.5. The van der Waals surface area contributed by atoms with Crippen LogP contribution >= 0.6 is 0 Å². The van der Waals surface area contributed by atoms with Crippen molar-refractivity contribution in [2.75, 3.05) is 7.05 Å². The van der Waals surface area contributed by atoms with Crippen molar-refractivity contribution in [3.05, 3.63) is 71.8 Å². The lowest BCUT2D eigenvalue weighted by Crippen LogP contribution is -2.61. The average molecular weight is 814 g/mol. The molecule has 0 aromatic heterocycles. The molecule has 0 radical (unpaired) electrons. The van der Waals surface area contributed by atoms with Crippen LogP contribution in [0.15, 0.2) is 60.7 Å². The molecule has 3 fully saturated rings. The van der Waals surface area contributed by atoms with Crippen LogP contribution in [-0.2, 0) is 51.2 Å². The molecule has 14 nitrogen and oxygen atoms in total. The second kappa shape index (κ2) is 19.1. The highest BCUT2D eigenvalue weighted by Crippen LogP contribution is 2.48. The van der Waals surface area contributed by atoms with Crippen molar-refractivity contribution in [2.24, 2.45) is 23.7 Å². The molecule has 0 saturated carbocycles. The fraction of sp³-hybridized carbons (Fsp3) is 0.659. The molecule has 3 heterocycles. The maximum absolute atomic E-state index is 13.8. The standard InChI is InChI=1S/C44H63NO13/c1-10-33(46)44(8,51)38-29(6)35-25(2)22-43(7,58-35)37(27(4)34(47)28(5)39(48)56-38)57-40-36(55-42(50)53-24-31-19-15-12-16-20-31)32(21-26(3)54-40)45(9)41(49)52-23-30-17-13-11-14-18-30/h11-20,25-29,32-38,40,46-47,51H,10,21-24H2,1-9H3/t25?,26?,27-,28+,29-,32?,33+,34-,35?,36?,37+,38+,40-,43-,44+/m0/s1. The van der Waals surface area contributed by atoms with E-state index in [1.807, 2.05) is 88.4 Å². The predicted octanol–water partition coefficient (Wildman–Crippen LogP) is 5.77. The molecule has 2 aromatic rings. The molecule has 5 unspecified atom stereocenters. The summed E-state index contributed by atoms with van der Waals surface area (Å²) >= 11 is 0. The van der Waals surface area contributed by atoms with Crippen LogP contribution in [0.2, 0.25) is 0 Å². The smallest absolute Gasteiger partial charge is 0.459 e.